The summed E-state index contributed by atoms with van der Waals surface area (Å²) in [7, 11) is 0. The molecule has 2 aromatic rings. The molecule has 0 aliphatic heterocycles. The van der Waals surface area contributed by atoms with Gasteiger partial charge in [-0.1, -0.05) is 22.9 Å². The van der Waals surface area contributed by atoms with Crippen molar-refractivity contribution >= 4 is 16.6 Å². The third kappa shape index (κ3) is 1.58. The second-order valence-corrected chi connectivity index (χ2v) is 3.82. The van der Waals surface area contributed by atoms with Crippen LogP contribution < -0.4 is 5.73 Å². The van der Waals surface area contributed by atoms with E-state index in [1.807, 2.05) is 19.9 Å². The number of fused-ring (bicyclic) bond motifs is 1. The number of nitrogens with zero attached hydrogens (tertiary/aromatic N) is 2. The van der Waals surface area contributed by atoms with E-state index in [0.717, 1.165) is 16.3 Å². The van der Waals surface area contributed by atoms with Crippen molar-refractivity contribution < 1.29 is 5.21 Å². The Morgan fingerprint density at radius 1 is 1.38 bits per heavy atom. The molecule has 0 atom stereocenters. The van der Waals surface area contributed by atoms with Gasteiger partial charge in [0.25, 0.3) is 0 Å². The van der Waals surface area contributed by atoms with Gasteiger partial charge in [-0.25, -0.2) is 0 Å². The highest BCUT2D eigenvalue weighted by Gasteiger charge is 2.09. The largest absolute Gasteiger partial charge is 0.409 e. The molecule has 1 heterocycles. The van der Waals surface area contributed by atoms with Gasteiger partial charge in [0.15, 0.2) is 5.84 Å². The maximum absolute atomic E-state index is 8.72. The lowest BCUT2D eigenvalue weighted by atomic mass is 10.0. The number of aromatic nitrogens is 1. The van der Waals surface area contributed by atoms with Crippen molar-refractivity contribution in [2.24, 2.45) is 10.9 Å². The predicted octanol–water partition coefficient (Wildman–Crippen LogP) is 1.95. The predicted molar refractivity (Wildman–Crippen MR) is 63.7 cm³/mol. The molecule has 0 unspecified atom stereocenters. The molecule has 2 rings (SSSR count). The second-order valence-electron chi connectivity index (χ2n) is 3.82. The van der Waals surface area contributed by atoms with Crippen molar-refractivity contribution in [3.8, 4) is 0 Å². The molecule has 0 bridgehead atoms. The molecule has 82 valence electrons. The summed E-state index contributed by atoms with van der Waals surface area (Å²) in [4.78, 5) is 4.15. The van der Waals surface area contributed by atoms with Gasteiger partial charge in [0, 0.05) is 11.6 Å². The molecule has 0 radical (unpaired) electrons. The minimum Gasteiger partial charge on any atom is -0.409 e. The van der Waals surface area contributed by atoms with Crippen LogP contribution in [0.1, 0.15) is 16.8 Å². The maximum atomic E-state index is 8.72. The minimum absolute atomic E-state index is 0.0394. The fraction of sp³-hybridized carbons (Fsp3) is 0.167. The van der Waals surface area contributed by atoms with Crippen LogP contribution in [0.3, 0.4) is 0 Å². The van der Waals surface area contributed by atoms with Gasteiger partial charge in [-0.15, -0.1) is 0 Å². The average molecular weight is 215 g/mol. The Hall–Kier alpha value is -2.10. The van der Waals surface area contributed by atoms with Crippen molar-refractivity contribution in [2.75, 3.05) is 0 Å². The van der Waals surface area contributed by atoms with Gasteiger partial charge in [-0.05, 0) is 30.9 Å². The number of benzene rings is 1. The molecule has 0 amide bonds. The third-order valence-corrected chi connectivity index (χ3v) is 2.56. The fourth-order valence-electron chi connectivity index (χ4n) is 1.95. The second kappa shape index (κ2) is 3.81. The van der Waals surface area contributed by atoms with Crippen molar-refractivity contribution in [3.63, 3.8) is 0 Å². The highest BCUT2D eigenvalue weighted by molar-refractivity contribution is 6.08. The molecule has 1 aromatic heterocycles. The molecule has 1 aromatic carbocycles. The first-order valence-corrected chi connectivity index (χ1v) is 4.97. The Morgan fingerprint density at radius 3 is 2.81 bits per heavy atom. The van der Waals surface area contributed by atoms with Crippen molar-refractivity contribution in [1.82, 2.24) is 4.98 Å². The van der Waals surface area contributed by atoms with E-state index in [9.17, 15) is 0 Å². The number of rotatable bonds is 1. The van der Waals surface area contributed by atoms with Crippen LogP contribution in [0.15, 0.2) is 29.6 Å². The molecule has 4 heteroatoms. The van der Waals surface area contributed by atoms with Gasteiger partial charge in [-0.2, -0.15) is 0 Å². The minimum atomic E-state index is 0.0394. The zero-order valence-electron chi connectivity index (χ0n) is 9.23. The van der Waals surface area contributed by atoms with E-state index in [2.05, 4.69) is 22.3 Å². The summed E-state index contributed by atoms with van der Waals surface area (Å²) >= 11 is 0. The number of hydrogen-bond acceptors (Lipinski definition) is 3. The lowest BCUT2D eigenvalue weighted by Gasteiger charge is -2.08. The van der Waals surface area contributed by atoms with Gasteiger partial charge >= 0.3 is 0 Å². The lowest BCUT2D eigenvalue weighted by Crippen LogP contribution is -2.15. The normalized spacial score (nSPS) is 12.0. The van der Waals surface area contributed by atoms with Crippen LogP contribution >= 0.6 is 0 Å². The fourth-order valence-corrected chi connectivity index (χ4v) is 1.95. The molecule has 0 aliphatic rings. The Morgan fingerprint density at radius 2 is 2.12 bits per heavy atom. The van der Waals surface area contributed by atoms with Crippen LogP contribution in [0.4, 0.5) is 0 Å². The van der Waals surface area contributed by atoms with Gasteiger partial charge < -0.3 is 10.9 Å². The zero-order valence-corrected chi connectivity index (χ0v) is 9.23. The summed E-state index contributed by atoms with van der Waals surface area (Å²) in [6, 6.07) is 6.03. The Kier molecular flexibility index (Phi) is 2.48. The Balaban J connectivity index is 2.87. The van der Waals surface area contributed by atoms with Crippen LogP contribution in [0.5, 0.6) is 0 Å². The lowest BCUT2D eigenvalue weighted by molar-refractivity contribution is 0.318. The first kappa shape index (κ1) is 10.4. The van der Waals surface area contributed by atoms with Crippen LogP contribution in [0, 0.1) is 13.8 Å². The van der Waals surface area contributed by atoms with Crippen molar-refractivity contribution in [3.05, 3.63) is 41.2 Å². The van der Waals surface area contributed by atoms with E-state index in [4.69, 9.17) is 10.9 Å². The third-order valence-electron chi connectivity index (χ3n) is 2.56. The topological polar surface area (TPSA) is 71.5 Å². The first-order valence-electron chi connectivity index (χ1n) is 4.97. The van der Waals surface area contributed by atoms with Gasteiger partial charge in [-0.3, -0.25) is 4.98 Å². The molecular weight excluding hydrogens is 202 g/mol. The molecule has 0 fully saturated rings. The molecule has 16 heavy (non-hydrogen) atoms. The summed E-state index contributed by atoms with van der Waals surface area (Å²) in [5.74, 6) is 0.0394. The summed E-state index contributed by atoms with van der Waals surface area (Å²) in [6.45, 7) is 4.03. The number of hydrogen-bond donors (Lipinski definition) is 2. The summed E-state index contributed by atoms with van der Waals surface area (Å²) < 4.78 is 0. The molecular formula is C12H13N3O. The SMILES string of the molecule is Cc1cc(C)c2c(/C(N)=N/O)nccc2c1. The van der Waals surface area contributed by atoms with Gasteiger partial charge in [0.1, 0.15) is 5.69 Å². The van der Waals surface area contributed by atoms with E-state index < -0.39 is 0 Å². The van der Waals surface area contributed by atoms with Crippen molar-refractivity contribution in [2.45, 2.75) is 13.8 Å². The maximum Gasteiger partial charge on any atom is 0.189 e. The number of amidine groups is 1. The number of nitrogens with two attached hydrogens (primary N) is 1. The summed E-state index contributed by atoms with van der Waals surface area (Å²) in [5, 5.41) is 13.7. The van der Waals surface area contributed by atoms with Crippen LogP contribution in [0.2, 0.25) is 0 Å². The highest BCUT2D eigenvalue weighted by atomic mass is 16.4. The quantitative estimate of drug-likeness (QED) is 0.330. The highest BCUT2D eigenvalue weighted by Crippen LogP contribution is 2.22. The van der Waals surface area contributed by atoms with E-state index in [-0.39, 0.29) is 5.84 Å². The van der Waals surface area contributed by atoms with Gasteiger partial charge in [0.2, 0.25) is 0 Å². The van der Waals surface area contributed by atoms with Crippen LogP contribution in [0.25, 0.3) is 10.8 Å². The standard InChI is InChI=1S/C12H13N3O/c1-7-5-8(2)10-9(6-7)3-4-14-11(10)12(13)15-16/h3-6,16H,1-2H3,(H2,13,15). The van der Waals surface area contributed by atoms with E-state index in [1.165, 1.54) is 5.56 Å². The van der Waals surface area contributed by atoms with Crippen LogP contribution in [-0.2, 0) is 0 Å². The van der Waals surface area contributed by atoms with Crippen LogP contribution in [-0.4, -0.2) is 16.0 Å². The molecule has 0 aliphatic carbocycles. The van der Waals surface area contributed by atoms with Gasteiger partial charge in [0.05, 0.1) is 0 Å². The monoisotopic (exact) mass is 215 g/mol. The summed E-state index contributed by atoms with van der Waals surface area (Å²) in [5.41, 5.74) is 8.39. The molecule has 0 saturated carbocycles. The average Bonchev–Trinajstić information content (AvgIpc) is 2.26. The van der Waals surface area contributed by atoms with Crippen molar-refractivity contribution in [1.29, 1.82) is 0 Å². The van der Waals surface area contributed by atoms with E-state index in [0.29, 0.717) is 5.69 Å². The first-order chi connectivity index (χ1) is 7.63. The van der Waals surface area contributed by atoms with E-state index >= 15 is 0 Å². The molecule has 4 nitrogen and oxygen atoms in total. The summed E-state index contributed by atoms with van der Waals surface area (Å²) in [6.07, 6.45) is 1.66. The number of oxime groups is 1. The molecule has 0 saturated heterocycles. The smallest absolute Gasteiger partial charge is 0.189 e. The van der Waals surface area contributed by atoms with E-state index in [1.54, 1.807) is 6.20 Å². The Bertz CT molecular complexity index is 576. The zero-order chi connectivity index (χ0) is 11.7. The Labute approximate surface area is 93.4 Å². The molecule has 0 spiro atoms. The number of pyridine rings is 1. The number of aryl methyl sites for hydroxylation is 2. The molecule has 3 N–H and O–H groups in total.